The van der Waals surface area contributed by atoms with Crippen LogP contribution >= 0.6 is 0 Å². The van der Waals surface area contributed by atoms with Gasteiger partial charge in [-0.3, -0.25) is 9.59 Å². The molecular weight excluding hydrogens is 398 g/mol. The Bertz CT molecular complexity index is 1070. The first kappa shape index (κ1) is 21.4. The molecule has 0 heterocycles. The number of hydrogen-bond donors (Lipinski definition) is 2. The molecule has 0 aliphatic rings. The van der Waals surface area contributed by atoms with Crippen LogP contribution < -0.4 is 25.0 Å². The summed E-state index contributed by atoms with van der Waals surface area (Å²) in [6, 6.07) is 21.2. The minimum atomic E-state index is -0.914. The van der Waals surface area contributed by atoms with Gasteiger partial charge in [-0.1, -0.05) is 24.3 Å². The minimum absolute atomic E-state index is 0.444. The number of nitrogens with zero attached hydrogens (tertiary/aromatic N) is 1. The average molecular weight is 419 g/mol. The molecule has 0 spiro atoms. The summed E-state index contributed by atoms with van der Waals surface area (Å²) in [6.45, 7) is 0. The Morgan fingerprint density at radius 1 is 0.806 bits per heavy atom. The number of para-hydroxylation sites is 2. The van der Waals surface area contributed by atoms with E-state index in [0.29, 0.717) is 34.2 Å². The van der Waals surface area contributed by atoms with Crippen LogP contribution in [-0.2, 0) is 9.59 Å². The average Bonchev–Trinajstić information content (AvgIpc) is 2.80. The van der Waals surface area contributed by atoms with Crippen molar-refractivity contribution in [3.63, 3.8) is 0 Å². The van der Waals surface area contributed by atoms with Crippen molar-refractivity contribution < 1.29 is 23.8 Å². The first-order valence-corrected chi connectivity index (χ1v) is 9.29. The lowest BCUT2D eigenvalue weighted by Crippen LogP contribution is -2.32. The maximum Gasteiger partial charge on any atom is 0.329 e. The van der Waals surface area contributed by atoms with Crippen LogP contribution in [0.15, 0.2) is 77.9 Å². The van der Waals surface area contributed by atoms with E-state index in [4.69, 9.17) is 14.2 Å². The molecule has 0 unspecified atom stereocenters. The Hall–Kier alpha value is -4.33. The number of carbonyl (C=O) groups excluding carboxylic acids is 2. The number of nitrogens with one attached hydrogen (secondary N) is 2. The van der Waals surface area contributed by atoms with Crippen molar-refractivity contribution in [1.82, 2.24) is 5.43 Å². The largest absolute Gasteiger partial charge is 0.493 e. The van der Waals surface area contributed by atoms with Crippen molar-refractivity contribution in [2.24, 2.45) is 5.10 Å². The third-order valence-electron chi connectivity index (χ3n) is 4.10. The minimum Gasteiger partial charge on any atom is -0.493 e. The number of hydrazone groups is 1. The Labute approximate surface area is 179 Å². The molecule has 3 aromatic carbocycles. The van der Waals surface area contributed by atoms with Crippen molar-refractivity contribution in [3.8, 4) is 23.0 Å². The van der Waals surface area contributed by atoms with Gasteiger partial charge in [0.25, 0.3) is 0 Å². The van der Waals surface area contributed by atoms with Gasteiger partial charge in [0, 0.05) is 11.3 Å². The highest BCUT2D eigenvalue weighted by Gasteiger charge is 2.13. The van der Waals surface area contributed by atoms with Crippen LogP contribution in [0.4, 0.5) is 5.69 Å². The van der Waals surface area contributed by atoms with Gasteiger partial charge in [-0.25, -0.2) is 5.43 Å². The van der Waals surface area contributed by atoms with Crippen LogP contribution in [0.1, 0.15) is 5.56 Å². The molecule has 0 fully saturated rings. The predicted octanol–water partition coefficient (Wildman–Crippen LogP) is 3.58. The van der Waals surface area contributed by atoms with Crippen molar-refractivity contribution >= 4 is 23.7 Å². The van der Waals surface area contributed by atoms with E-state index in [9.17, 15) is 9.59 Å². The van der Waals surface area contributed by atoms with Gasteiger partial charge in [0.05, 0.1) is 20.4 Å². The number of methoxy groups -OCH3 is 2. The molecule has 2 amide bonds. The fourth-order valence-electron chi connectivity index (χ4n) is 2.64. The van der Waals surface area contributed by atoms with Crippen molar-refractivity contribution in [2.45, 2.75) is 0 Å². The Balaban J connectivity index is 1.55. The molecule has 3 rings (SSSR count). The van der Waals surface area contributed by atoms with Gasteiger partial charge >= 0.3 is 11.8 Å². The zero-order valence-electron chi connectivity index (χ0n) is 17.0. The summed E-state index contributed by atoms with van der Waals surface area (Å²) >= 11 is 0. The molecule has 3 aromatic rings. The van der Waals surface area contributed by atoms with E-state index in [2.05, 4.69) is 15.8 Å². The maximum atomic E-state index is 12.1. The third kappa shape index (κ3) is 5.83. The van der Waals surface area contributed by atoms with E-state index in [-0.39, 0.29) is 0 Å². The number of anilines is 1. The summed E-state index contributed by atoms with van der Waals surface area (Å²) in [5, 5.41) is 6.31. The highest BCUT2D eigenvalue weighted by Crippen LogP contribution is 2.29. The second-order valence-corrected chi connectivity index (χ2v) is 6.18. The van der Waals surface area contributed by atoms with Gasteiger partial charge in [-0.15, -0.1) is 0 Å². The van der Waals surface area contributed by atoms with Gasteiger partial charge in [-0.2, -0.15) is 5.10 Å². The Morgan fingerprint density at radius 3 is 2.19 bits per heavy atom. The fourth-order valence-corrected chi connectivity index (χ4v) is 2.64. The molecule has 0 atom stereocenters. The van der Waals surface area contributed by atoms with Crippen LogP contribution in [-0.4, -0.2) is 32.2 Å². The summed E-state index contributed by atoms with van der Waals surface area (Å²) in [5.74, 6) is 0.518. The number of ether oxygens (including phenoxy) is 3. The van der Waals surface area contributed by atoms with E-state index < -0.39 is 11.8 Å². The topological polar surface area (TPSA) is 98.2 Å². The van der Waals surface area contributed by atoms with Crippen LogP contribution in [0.2, 0.25) is 0 Å². The molecule has 0 aliphatic carbocycles. The van der Waals surface area contributed by atoms with Gasteiger partial charge in [0.2, 0.25) is 0 Å². The van der Waals surface area contributed by atoms with E-state index in [1.54, 1.807) is 42.5 Å². The van der Waals surface area contributed by atoms with Crippen LogP contribution in [0.5, 0.6) is 23.0 Å². The molecule has 0 saturated heterocycles. The number of carbonyl (C=O) groups is 2. The smallest absolute Gasteiger partial charge is 0.329 e. The molecule has 0 radical (unpaired) electrons. The molecule has 0 aliphatic heterocycles. The van der Waals surface area contributed by atoms with E-state index in [1.165, 1.54) is 20.4 Å². The summed E-state index contributed by atoms with van der Waals surface area (Å²) in [4.78, 5) is 24.1. The SMILES string of the molecule is COc1cccc(/C=N\NC(=O)C(=O)Nc2ccc(Oc3ccccc3)cc2)c1OC. The van der Waals surface area contributed by atoms with E-state index in [1.807, 2.05) is 30.3 Å². The molecule has 31 heavy (non-hydrogen) atoms. The summed E-state index contributed by atoms with van der Waals surface area (Å²) in [7, 11) is 3.02. The van der Waals surface area contributed by atoms with E-state index >= 15 is 0 Å². The molecule has 8 nitrogen and oxygen atoms in total. The molecule has 158 valence electrons. The van der Waals surface area contributed by atoms with Gasteiger partial charge < -0.3 is 19.5 Å². The van der Waals surface area contributed by atoms with Gasteiger partial charge in [-0.05, 0) is 48.5 Å². The quantitative estimate of drug-likeness (QED) is 0.347. The molecular formula is C23H21N3O5. The van der Waals surface area contributed by atoms with Gasteiger partial charge in [0.1, 0.15) is 11.5 Å². The van der Waals surface area contributed by atoms with Crippen LogP contribution in [0.3, 0.4) is 0 Å². The van der Waals surface area contributed by atoms with Crippen molar-refractivity contribution in [2.75, 3.05) is 19.5 Å². The predicted molar refractivity (Wildman–Crippen MR) is 117 cm³/mol. The Kier molecular flexibility index (Phi) is 7.21. The molecule has 8 heteroatoms. The van der Waals surface area contributed by atoms with Crippen molar-refractivity contribution in [1.29, 1.82) is 0 Å². The van der Waals surface area contributed by atoms with Crippen LogP contribution in [0, 0.1) is 0 Å². The van der Waals surface area contributed by atoms with Gasteiger partial charge in [0.15, 0.2) is 11.5 Å². The number of amides is 2. The normalized spacial score (nSPS) is 10.4. The second kappa shape index (κ2) is 10.4. The monoisotopic (exact) mass is 419 g/mol. The zero-order chi connectivity index (χ0) is 22.1. The lowest BCUT2D eigenvalue weighted by Gasteiger charge is -2.09. The zero-order valence-corrected chi connectivity index (χ0v) is 17.0. The van der Waals surface area contributed by atoms with E-state index in [0.717, 1.165) is 0 Å². The first-order chi connectivity index (χ1) is 15.1. The molecule has 0 aromatic heterocycles. The van der Waals surface area contributed by atoms with Crippen molar-refractivity contribution in [3.05, 3.63) is 78.4 Å². The Morgan fingerprint density at radius 2 is 1.52 bits per heavy atom. The lowest BCUT2D eigenvalue weighted by atomic mass is 10.2. The summed E-state index contributed by atoms with van der Waals surface area (Å²) in [6.07, 6.45) is 1.36. The second-order valence-electron chi connectivity index (χ2n) is 6.18. The standard InChI is InChI=1S/C23H21N3O5/c1-29-20-10-6-7-16(21(20)30-2)15-24-26-23(28)22(27)25-17-11-13-19(14-12-17)31-18-8-4-3-5-9-18/h3-15H,1-2H3,(H,25,27)(H,26,28)/b24-15-. The summed E-state index contributed by atoms with van der Waals surface area (Å²) in [5.41, 5.74) is 3.21. The van der Waals surface area contributed by atoms with Crippen LogP contribution in [0.25, 0.3) is 0 Å². The molecule has 0 saturated carbocycles. The number of hydrogen-bond acceptors (Lipinski definition) is 6. The fraction of sp³-hybridized carbons (Fsp3) is 0.0870. The highest BCUT2D eigenvalue weighted by molar-refractivity contribution is 6.39. The third-order valence-corrected chi connectivity index (χ3v) is 4.10. The lowest BCUT2D eigenvalue weighted by molar-refractivity contribution is -0.136. The number of benzene rings is 3. The highest BCUT2D eigenvalue weighted by atomic mass is 16.5. The molecule has 0 bridgehead atoms. The first-order valence-electron chi connectivity index (χ1n) is 9.29. The number of rotatable bonds is 7. The molecule has 2 N–H and O–H groups in total. The maximum absolute atomic E-state index is 12.1. The summed E-state index contributed by atoms with van der Waals surface area (Å²) < 4.78 is 16.2.